The highest BCUT2D eigenvalue weighted by molar-refractivity contribution is 5.85. The lowest BCUT2D eigenvalue weighted by Gasteiger charge is -2.21. The summed E-state index contributed by atoms with van der Waals surface area (Å²) in [7, 11) is 0. The number of phenols is 1. The lowest BCUT2D eigenvalue weighted by atomic mass is 9.91. The number of hydrogen-bond donors (Lipinski definition) is 3. The second-order valence-electron chi connectivity index (χ2n) is 6.68. The van der Waals surface area contributed by atoms with E-state index in [0.29, 0.717) is 12.2 Å². The van der Waals surface area contributed by atoms with Crippen LogP contribution in [0.3, 0.4) is 0 Å². The van der Waals surface area contributed by atoms with Crippen molar-refractivity contribution in [2.24, 2.45) is 5.73 Å². The third-order valence-electron chi connectivity index (χ3n) is 3.69. The molecule has 1 aliphatic carbocycles. The lowest BCUT2D eigenvalue weighted by molar-refractivity contribution is 0.0636. The number of carbonyl (C=O) groups is 1. The predicted octanol–water partition coefficient (Wildman–Crippen LogP) is 3.12. The first kappa shape index (κ1) is 15.6. The van der Waals surface area contributed by atoms with E-state index < -0.39 is 11.7 Å². The maximum atomic E-state index is 11.8. The molecule has 1 saturated carbocycles. The molecule has 1 aromatic carbocycles. The molecule has 21 heavy (non-hydrogen) atoms. The molecule has 5 heteroatoms. The lowest BCUT2D eigenvalue weighted by Crippen LogP contribution is -2.27. The SMILES string of the molecule is CC(C)(C)OC(=O)Nc1ccc(O)c(C2(CCN)CC2)c1. The van der Waals surface area contributed by atoms with Crippen LogP contribution < -0.4 is 11.1 Å². The summed E-state index contributed by atoms with van der Waals surface area (Å²) in [5.74, 6) is 0.260. The fraction of sp³-hybridized carbons (Fsp3) is 0.562. The maximum absolute atomic E-state index is 11.8. The molecule has 0 heterocycles. The topological polar surface area (TPSA) is 84.6 Å². The van der Waals surface area contributed by atoms with Crippen molar-refractivity contribution < 1.29 is 14.6 Å². The van der Waals surface area contributed by atoms with Crippen LogP contribution in [-0.2, 0) is 10.2 Å². The second kappa shape index (κ2) is 5.56. The standard InChI is InChI=1S/C16H24N2O3/c1-15(2,3)21-14(20)18-11-4-5-13(19)12(10-11)16(6-7-16)8-9-17/h4-5,10,19H,6-9,17H2,1-3H3,(H,18,20). The first-order chi connectivity index (χ1) is 9.76. The van der Waals surface area contributed by atoms with Gasteiger partial charge in [-0.15, -0.1) is 0 Å². The summed E-state index contributed by atoms with van der Waals surface area (Å²) in [6.07, 6.45) is 2.39. The van der Waals surface area contributed by atoms with Gasteiger partial charge in [-0.25, -0.2) is 4.79 Å². The number of phenolic OH excluding ortho intramolecular Hbond substituents is 1. The first-order valence-corrected chi connectivity index (χ1v) is 7.29. The number of aromatic hydroxyl groups is 1. The quantitative estimate of drug-likeness (QED) is 0.744. The smallest absolute Gasteiger partial charge is 0.412 e. The number of nitrogens with one attached hydrogen (secondary N) is 1. The summed E-state index contributed by atoms with van der Waals surface area (Å²) < 4.78 is 5.23. The van der Waals surface area contributed by atoms with Crippen molar-refractivity contribution in [3.63, 3.8) is 0 Å². The van der Waals surface area contributed by atoms with E-state index in [1.165, 1.54) is 0 Å². The normalized spacial score (nSPS) is 16.4. The minimum atomic E-state index is -0.541. The van der Waals surface area contributed by atoms with E-state index in [0.717, 1.165) is 24.8 Å². The van der Waals surface area contributed by atoms with Crippen molar-refractivity contribution in [2.45, 2.75) is 51.0 Å². The van der Waals surface area contributed by atoms with Crippen LogP contribution in [-0.4, -0.2) is 23.3 Å². The van der Waals surface area contributed by atoms with Gasteiger partial charge in [0.05, 0.1) is 0 Å². The molecule has 0 saturated heterocycles. The zero-order chi connectivity index (χ0) is 15.7. The molecule has 4 N–H and O–H groups in total. The van der Waals surface area contributed by atoms with Crippen LogP contribution in [0.5, 0.6) is 5.75 Å². The van der Waals surface area contributed by atoms with E-state index in [1.807, 2.05) is 26.8 Å². The van der Waals surface area contributed by atoms with Crippen molar-refractivity contribution in [1.82, 2.24) is 0 Å². The van der Waals surface area contributed by atoms with Gasteiger partial charge in [-0.1, -0.05) is 0 Å². The zero-order valence-corrected chi connectivity index (χ0v) is 12.9. The summed E-state index contributed by atoms with van der Waals surface area (Å²) in [6.45, 7) is 6.03. The van der Waals surface area contributed by atoms with Crippen LogP contribution in [0.15, 0.2) is 18.2 Å². The minimum absolute atomic E-state index is 0.0234. The molecule has 0 bridgehead atoms. The summed E-state index contributed by atoms with van der Waals surface area (Å²) in [6, 6.07) is 5.10. The van der Waals surface area contributed by atoms with Crippen molar-refractivity contribution in [3.8, 4) is 5.75 Å². The van der Waals surface area contributed by atoms with Gasteiger partial charge in [0.1, 0.15) is 11.4 Å². The van der Waals surface area contributed by atoms with Gasteiger partial charge >= 0.3 is 6.09 Å². The number of benzene rings is 1. The van der Waals surface area contributed by atoms with Crippen LogP contribution in [0.4, 0.5) is 10.5 Å². The summed E-state index contributed by atoms with van der Waals surface area (Å²) >= 11 is 0. The average molecular weight is 292 g/mol. The van der Waals surface area contributed by atoms with Gasteiger partial charge in [0.25, 0.3) is 0 Å². The number of hydrogen-bond acceptors (Lipinski definition) is 4. The number of ether oxygens (including phenoxy) is 1. The van der Waals surface area contributed by atoms with Crippen LogP contribution >= 0.6 is 0 Å². The Hall–Kier alpha value is -1.75. The Labute approximate surface area is 125 Å². The zero-order valence-electron chi connectivity index (χ0n) is 12.9. The van der Waals surface area contributed by atoms with Crippen LogP contribution in [0.25, 0.3) is 0 Å². The Morgan fingerprint density at radius 1 is 1.43 bits per heavy atom. The molecule has 1 aromatic rings. The van der Waals surface area contributed by atoms with E-state index in [4.69, 9.17) is 10.5 Å². The Kier molecular flexibility index (Phi) is 4.14. The molecule has 1 aliphatic rings. The minimum Gasteiger partial charge on any atom is -0.508 e. The van der Waals surface area contributed by atoms with E-state index in [2.05, 4.69) is 5.32 Å². The van der Waals surface area contributed by atoms with Crippen LogP contribution in [0.1, 0.15) is 45.6 Å². The highest BCUT2D eigenvalue weighted by atomic mass is 16.6. The molecule has 0 unspecified atom stereocenters. The van der Waals surface area contributed by atoms with Crippen molar-refractivity contribution in [2.75, 3.05) is 11.9 Å². The van der Waals surface area contributed by atoms with Crippen molar-refractivity contribution in [1.29, 1.82) is 0 Å². The molecule has 0 spiro atoms. The molecule has 1 amide bonds. The fourth-order valence-corrected chi connectivity index (χ4v) is 2.54. The molecule has 1 fully saturated rings. The molecule has 0 atom stereocenters. The van der Waals surface area contributed by atoms with Gasteiger partial charge in [-0.05, 0) is 64.8 Å². The molecular formula is C16H24N2O3. The van der Waals surface area contributed by atoms with E-state index in [1.54, 1.807) is 12.1 Å². The summed E-state index contributed by atoms with van der Waals surface area (Å²) in [5.41, 5.74) is 6.58. The Bertz CT molecular complexity index is 531. The Balaban J connectivity index is 2.14. The molecule has 0 aliphatic heterocycles. The van der Waals surface area contributed by atoms with Gasteiger partial charge in [0.15, 0.2) is 0 Å². The van der Waals surface area contributed by atoms with E-state index >= 15 is 0 Å². The third-order valence-corrected chi connectivity index (χ3v) is 3.69. The van der Waals surface area contributed by atoms with Crippen molar-refractivity contribution >= 4 is 11.8 Å². The largest absolute Gasteiger partial charge is 0.508 e. The first-order valence-electron chi connectivity index (χ1n) is 7.29. The fourth-order valence-electron chi connectivity index (χ4n) is 2.54. The number of amides is 1. The predicted molar refractivity (Wildman–Crippen MR) is 82.5 cm³/mol. The molecule has 0 aromatic heterocycles. The van der Waals surface area contributed by atoms with Crippen LogP contribution in [0, 0.1) is 0 Å². The Morgan fingerprint density at radius 3 is 2.62 bits per heavy atom. The summed E-state index contributed by atoms with van der Waals surface area (Å²) in [5, 5.41) is 12.8. The van der Waals surface area contributed by atoms with Crippen LogP contribution in [0.2, 0.25) is 0 Å². The Morgan fingerprint density at radius 2 is 2.10 bits per heavy atom. The van der Waals surface area contributed by atoms with Gasteiger partial charge in [-0.3, -0.25) is 5.32 Å². The molecule has 2 rings (SSSR count). The monoisotopic (exact) mass is 292 g/mol. The summed E-state index contributed by atoms with van der Waals surface area (Å²) in [4.78, 5) is 11.8. The molecule has 5 nitrogen and oxygen atoms in total. The maximum Gasteiger partial charge on any atom is 0.412 e. The number of rotatable bonds is 4. The van der Waals surface area contributed by atoms with E-state index in [9.17, 15) is 9.90 Å². The van der Waals surface area contributed by atoms with Gasteiger partial charge in [-0.2, -0.15) is 0 Å². The second-order valence-corrected chi connectivity index (χ2v) is 6.68. The van der Waals surface area contributed by atoms with Gasteiger partial charge in [0, 0.05) is 16.7 Å². The van der Waals surface area contributed by atoms with Crippen molar-refractivity contribution in [3.05, 3.63) is 23.8 Å². The number of anilines is 1. The van der Waals surface area contributed by atoms with Gasteiger partial charge in [0.2, 0.25) is 0 Å². The highest BCUT2D eigenvalue weighted by Gasteiger charge is 2.45. The number of nitrogens with two attached hydrogens (primary N) is 1. The molecular weight excluding hydrogens is 268 g/mol. The molecule has 116 valence electrons. The molecule has 0 radical (unpaired) electrons. The average Bonchev–Trinajstić information content (AvgIpc) is 3.10. The number of carbonyl (C=O) groups excluding carboxylic acids is 1. The highest BCUT2D eigenvalue weighted by Crippen LogP contribution is 2.53. The third kappa shape index (κ3) is 3.88. The van der Waals surface area contributed by atoms with E-state index in [-0.39, 0.29) is 11.2 Å². The van der Waals surface area contributed by atoms with Gasteiger partial charge < -0.3 is 15.6 Å².